The van der Waals surface area contributed by atoms with E-state index in [0.717, 1.165) is 35.4 Å². The summed E-state index contributed by atoms with van der Waals surface area (Å²) in [4.78, 5) is 25.2. The number of carbonyl (C=O) groups is 1. The van der Waals surface area contributed by atoms with Crippen LogP contribution in [0.4, 0.5) is 28.4 Å². The molecule has 290 valence electrons. The molecule has 3 saturated heterocycles. The van der Waals surface area contributed by atoms with E-state index >= 15 is 4.39 Å². The van der Waals surface area contributed by atoms with Gasteiger partial charge in [0, 0.05) is 54.6 Å². The second kappa shape index (κ2) is 16.0. The lowest BCUT2D eigenvalue weighted by atomic mass is 9.85. The summed E-state index contributed by atoms with van der Waals surface area (Å²) >= 11 is 18.9. The fourth-order valence-electron chi connectivity index (χ4n) is 8.30. The normalized spacial score (nSPS) is 22.7. The number of nitrogens with two attached hydrogens (primary N) is 1. The number of likely N-dealkylation sites (tertiary alicyclic amines) is 1. The molecule has 4 aromatic rings. The Bertz CT molecular complexity index is 2120. The summed E-state index contributed by atoms with van der Waals surface area (Å²) in [6.07, 6.45) is 4.05. The lowest BCUT2D eigenvalue weighted by molar-refractivity contribution is -0.150. The van der Waals surface area contributed by atoms with Gasteiger partial charge in [0.15, 0.2) is 10.7 Å². The number of nitrogens with zero attached hydrogens (tertiary/aromatic N) is 6. The van der Waals surface area contributed by atoms with E-state index in [4.69, 9.17) is 45.3 Å². The van der Waals surface area contributed by atoms with Crippen molar-refractivity contribution in [3.8, 4) is 23.2 Å². The van der Waals surface area contributed by atoms with Crippen molar-refractivity contribution in [2.75, 3.05) is 44.4 Å². The Morgan fingerprint density at radius 3 is 2.67 bits per heavy atom. The number of ether oxygens (including phenoxy) is 1. The molecule has 9 nitrogen and oxygen atoms in total. The Morgan fingerprint density at radius 1 is 1.24 bits per heavy atom. The lowest BCUT2D eigenvalue weighted by Crippen LogP contribution is -2.62. The van der Waals surface area contributed by atoms with Crippen molar-refractivity contribution in [1.29, 1.82) is 5.26 Å². The van der Waals surface area contributed by atoms with Crippen molar-refractivity contribution in [1.82, 2.24) is 19.8 Å². The van der Waals surface area contributed by atoms with E-state index in [-0.39, 0.29) is 86.5 Å². The molecule has 2 aromatic carbocycles. The Hall–Kier alpha value is -3.35. The number of aromatic nitrogens is 2. The zero-order valence-electron chi connectivity index (χ0n) is 28.8. The average molecular weight is 829 g/mol. The molecule has 4 fully saturated rings. The van der Waals surface area contributed by atoms with E-state index in [1.807, 2.05) is 6.07 Å². The first-order chi connectivity index (χ1) is 25.3. The number of alkyl halides is 4. The van der Waals surface area contributed by atoms with Gasteiger partial charge < -0.3 is 20.3 Å². The van der Waals surface area contributed by atoms with Crippen molar-refractivity contribution in [2.45, 2.75) is 75.3 Å². The van der Waals surface area contributed by atoms with Crippen LogP contribution in [0.2, 0.25) is 5.02 Å². The first kappa shape index (κ1) is 40.3. The fourth-order valence-corrected chi connectivity index (χ4v) is 9.80. The first-order valence-corrected chi connectivity index (χ1v) is 19.4. The van der Waals surface area contributed by atoms with Crippen LogP contribution in [0.1, 0.15) is 51.5 Å². The van der Waals surface area contributed by atoms with Crippen LogP contribution in [0.15, 0.2) is 18.2 Å². The second-order valence-electron chi connectivity index (χ2n) is 14.0. The van der Waals surface area contributed by atoms with Gasteiger partial charge in [0.2, 0.25) is 6.43 Å². The zero-order valence-corrected chi connectivity index (χ0v) is 31.9. The average Bonchev–Trinajstić information content (AvgIpc) is 3.39. The van der Waals surface area contributed by atoms with E-state index in [1.54, 1.807) is 18.4 Å². The summed E-state index contributed by atoms with van der Waals surface area (Å²) in [5.41, 5.74) is 5.86. The van der Waals surface area contributed by atoms with Gasteiger partial charge in [0.1, 0.15) is 28.2 Å². The minimum atomic E-state index is -2.61. The zero-order chi connectivity index (χ0) is 37.9. The quantitative estimate of drug-likeness (QED) is 0.132. The van der Waals surface area contributed by atoms with E-state index in [2.05, 4.69) is 14.9 Å². The van der Waals surface area contributed by atoms with Crippen LogP contribution in [-0.4, -0.2) is 88.9 Å². The monoisotopic (exact) mass is 827 g/mol. The highest BCUT2D eigenvalue weighted by Crippen LogP contribution is 2.51. The fraction of sp³-hybridized carbons (Fsp3) is 0.514. The number of halogens is 7. The Morgan fingerprint density at radius 2 is 2.00 bits per heavy atom. The molecule has 5 unspecified atom stereocenters. The number of anilines is 2. The number of methoxy groups -OCH3 is 1. The van der Waals surface area contributed by atoms with Crippen molar-refractivity contribution in [3.05, 3.63) is 40.4 Å². The van der Waals surface area contributed by atoms with Crippen LogP contribution in [-0.2, 0) is 4.79 Å². The summed E-state index contributed by atoms with van der Waals surface area (Å²) in [5.74, 6) is -1.71. The Kier molecular flexibility index (Phi) is 12.0. The maximum Gasteiger partial charge on any atom is 0.318 e. The van der Waals surface area contributed by atoms with Crippen LogP contribution in [0.3, 0.4) is 0 Å². The molecule has 17 heteroatoms. The highest BCUT2D eigenvalue weighted by molar-refractivity contribution is 7.23. The molecule has 2 N–H and O–H groups in total. The smallest absolute Gasteiger partial charge is 0.318 e. The van der Waals surface area contributed by atoms with Gasteiger partial charge in [-0.1, -0.05) is 48.3 Å². The molecule has 0 radical (unpaired) electrons. The molecule has 5 heterocycles. The molecule has 2 aromatic heterocycles. The van der Waals surface area contributed by atoms with Crippen molar-refractivity contribution < 1.29 is 27.1 Å². The molecule has 1 saturated carbocycles. The number of rotatable bonds is 9. The molecule has 0 bridgehead atoms. The number of fused-ring (bicyclic) bond motifs is 5. The maximum atomic E-state index is 16.4. The molecule has 4 aliphatic rings. The summed E-state index contributed by atoms with van der Waals surface area (Å²) in [6.45, 7) is 1.56. The topological polar surface area (TPSA) is 112 Å². The van der Waals surface area contributed by atoms with Gasteiger partial charge >= 0.3 is 6.01 Å². The molecule has 54 heavy (non-hydrogen) atoms. The van der Waals surface area contributed by atoms with Crippen molar-refractivity contribution >= 4 is 83.9 Å². The lowest BCUT2D eigenvalue weighted by Gasteiger charge is -2.48. The number of thiophene rings is 1. The number of carbonyl (C=O) groups excluding carboxylic acids is 1. The highest BCUT2D eigenvalue weighted by Gasteiger charge is 2.53. The molecule has 5 atom stereocenters. The van der Waals surface area contributed by atoms with Crippen LogP contribution in [0.25, 0.3) is 32.1 Å². The number of nitriles is 1. The van der Waals surface area contributed by atoms with Crippen LogP contribution >= 0.6 is 46.1 Å². The third kappa shape index (κ3) is 7.22. The largest absolute Gasteiger partial charge is 0.467 e. The predicted molar refractivity (Wildman–Crippen MR) is 207 cm³/mol. The van der Waals surface area contributed by atoms with E-state index < -0.39 is 40.8 Å². The Balaban J connectivity index is 0.000000425. The molecule has 0 spiro atoms. The maximum absolute atomic E-state index is 16.4. The number of benzene rings is 2. The van der Waals surface area contributed by atoms with Crippen LogP contribution in [0, 0.1) is 34.8 Å². The van der Waals surface area contributed by atoms with Gasteiger partial charge in [-0.2, -0.15) is 15.2 Å². The summed E-state index contributed by atoms with van der Waals surface area (Å²) in [7, 11) is 2.98. The van der Waals surface area contributed by atoms with Gasteiger partial charge in [-0.3, -0.25) is 9.69 Å². The summed E-state index contributed by atoms with van der Waals surface area (Å²) < 4.78 is 63.4. The van der Waals surface area contributed by atoms with Gasteiger partial charge in [0.25, 0.3) is 5.91 Å². The predicted octanol–water partition coefficient (Wildman–Crippen LogP) is 8.90. The first-order valence-electron chi connectivity index (χ1n) is 17.3. The van der Waals surface area contributed by atoms with Crippen LogP contribution in [0.5, 0.6) is 6.01 Å². The van der Waals surface area contributed by atoms with Gasteiger partial charge in [0.05, 0.1) is 28.3 Å². The van der Waals surface area contributed by atoms with E-state index in [1.165, 1.54) is 49.9 Å². The number of hydrogen-bond acceptors (Lipinski definition) is 9. The molecular weight excluding hydrogens is 789 g/mol. The molecule has 1 aliphatic carbocycles. The third-order valence-corrected chi connectivity index (χ3v) is 12.7. The molecule has 1 amide bonds. The number of amides is 1. The molecule has 3 aliphatic heterocycles. The summed E-state index contributed by atoms with van der Waals surface area (Å²) in [5, 5.41) is 10.1. The van der Waals surface area contributed by atoms with Crippen molar-refractivity contribution in [2.24, 2.45) is 11.8 Å². The SMILES string of the molecule is C.C1CC2CC3CC3N2C1.COc1nc(N(C)CCCC2C(C(F)F)CN2C(=O)C(Cl)Cl)c2cc(Cl)c(-c3ccc(F)c4sc(N)c(C#N)c34)c(F)c2n1. The van der Waals surface area contributed by atoms with Crippen LogP contribution < -0.4 is 15.4 Å². The highest BCUT2D eigenvalue weighted by atomic mass is 35.5. The Labute approximate surface area is 329 Å². The third-order valence-electron chi connectivity index (χ3n) is 11.0. The van der Waals surface area contributed by atoms with Gasteiger partial charge in [-0.25, -0.2) is 17.6 Å². The summed E-state index contributed by atoms with van der Waals surface area (Å²) in [6, 6.07) is 7.09. The van der Waals surface area contributed by atoms with Crippen molar-refractivity contribution in [3.63, 3.8) is 0 Å². The molecular formula is C37H40Cl3F4N7O2S. The number of nitrogen functional groups attached to an aromatic ring is 1. The molecule has 8 rings (SSSR count). The minimum absolute atomic E-state index is 0. The standard InChI is InChI=1S/C28H23Cl3F4N6O2S.C8H13N.CH4/c1-40(7-3-4-17-14(24(34)35)10-41(17)27(42)23(30)31)26-12-8-15(29)19(20(33)21(12)38-28(39-26)43-2)11-5-6-16(32)22-18(11)13(9-36)25(37)44-22;1-2-7-4-6-5-8(6)9(7)3-1;/h5-6,8,14,17,23-24H,3-4,7,10,37H2,1-2H3;6-8H,1-5H2;1H4. The van der Waals surface area contributed by atoms with E-state index in [9.17, 15) is 23.2 Å². The van der Waals surface area contributed by atoms with Gasteiger partial charge in [-0.05, 0) is 68.7 Å². The number of piperidine rings is 1. The minimum Gasteiger partial charge on any atom is -0.467 e. The van der Waals surface area contributed by atoms with Gasteiger partial charge in [-0.15, -0.1) is 11.3 Å². The second-order valence-corrected chi connectivity index (χ2v) is 16.5. The van der Waals surface area contributed by atoms with E-state index in [0.29, 0.717) is 6.42 Å². The number of hydrogen-bond donors (Lipinski definition) is 1.